The maximum absolute atomic E-state index is 13.1. The average molecular weight is 564 g/mol. The van der Waals surface area contributed by atoms with Gasteiger partial charge < -0.3 is 9.88 Å². The summed E-state index contributed by atoms with van der Waals surface area (Å²) in [6.45, 7) is 3.95. The van der Waals surface area contributed by atoms with Crippen molar-refractivity contribution in [3.8, 4) is 0 Å². The van der Waals surface area contributed by atoms with E-state index in [1.54, 1.807) is 24.3 Å². The molecule has 1 aliphatic rings. The van der Waals surface area contributed by atoms with Gasteiger partial charge in [-0.3, -0.25) is 19.3 Å². The van der Waals surface area contributed by atoms with E-state index in [0.717, 1.165) is 49.8 Å². The van der Waals surface area contributed by atoms with Crippen molar-refractivity contribution >= 4 is 74.7 Å². The number of hydrogen-bond donors (Lipinski definition) is 1. The van der Waals surface area contributed by atoms with Crippen molar-refractivity contribution in [3.63, 3.8) is 0 Å². The number of halogens is 2. The van der Waals surface area contributed by atoms with Crippen molar-refractivity contribution in [2.75, 3.05) is 11.9 Å². The number of aromatic nitrogens is 1. The molecule has 9 heteroatoms. The van der Waals surface area contributed by atoms with E-state index in [4.69, 9.17) is 23.2 Å². The first kappa shape index (κ1) is 26.1. The lowest BCUT2D eigenvalue weighted by atomic mass is 10.1. The van der Waals surface area contributed by atoms with Crippen LogP contribution in [0.1, 0.15) is 22.3 Å². The summed E-state index contributed by atoms with van der Waals surface area (Å²) in [5, 5.41) is 4.34. The Morgan fingerprint density at radius 3 is 2.37 bits per heavy atom. The van der Waals surface area contributed by atoms with Crippen LogP contribution in [-0.4, -0.2) is 33.1 Å². The molecule has 1 saturated heterocycles. The molecule has 38 heavy (non-hydrogen) atoms. The van der Waals surface area contributed by atoms with Crippen LogP contribution in [0.15, 0.2) is 71.8 Å². The smallest absolute Gasteiger partial charge is 0.294 e. The molecule has 0 saturated carbocycles. The lowest BCUT2D eigenvalue weighted by Crippen LogP contribution is -2.36. The van der Waals surface area contributed by atoms with Crippen LogP contribution in [0.5, 0.6) is 0 Å². The van der Waals surface area contributed by atoms with E-state index in [1.165, 1.54) is 0 Å². The van der Waals surface area contributed by atoms with Crippen LogP contribution in [0, 0.1) is 13.8 Å². The summed E-state index contributed by atoms with van der Waals surface area (Å²) in [6.07, 6.45) is 3.60. The Morgan fingerprint density at radius 2 is 1.66 bits per heavy atom. The maximum Gasteiger partial charge on any atom is 0.294 e. The molecule has 5 rings (SSSR count). The number of carbonyl (C=O) groups excluding carboxylic acids is 3. The third-order valence-electron chi connectivity index (χ3n) is 6.18. The minimum atomic E-state index is -0.499. The van der Waals surface area contributed by atoms with E-state index in [0.29, 0.717) is 22.3 Å². The number of rotatable bonds is 6. The van der Waals surface area contributed by atoms with Crippen LogP contribution in [-0.2, 0) is 16.1 Å². The number of hydrogen-bond acceptors (Lipinski definition) is 4. The van der Waals surface area contributed by atoms with Crippen LogP contribution >= 0.6 is 35.0 Å². The van der Waals surface area contributed by atoms with E-state index in [9.17, 15) is 14.4 Å². The van der Waals surface area contributed by atoms with Gasteiger partial charge in [-0.25, -0.2) is 0 Å². The predicted octanol–water partition coefficient (Wildman–Crippen LogP) is 7.29. The number of thioether (sulfide) groups is 1. The van der Waals surface area contributed by atoms with Crippen molar-refractivity contribution < 1.29 is 14.4 Å². The Morgan fingerprint density at radius 1 is 0.974 bits per heavy atom. The Hall–Kier alpha value is -3.52. The van der Waals surface area contributed by atoms with E-state index < -0.39 is 17.1 Å². The average Bonchev–Trinajstić information content (AvgIpc) is 3.33. The summed E-state index contributed by atoms with van der Waals surface area (Å²) in [6, 6.07) is 18.8. The van der Waals surface area contributed by atoms with Crippen molar-refractivity contribution in [1.29, 1.82) is 0 Å². The SMILES string of the molecule is Cc1cc(C)cc(NC(=O)CN2C(=O)S/C(=C\c3cn(Cc4c(Cl)cccc4Cl)c4ccccc34)C2=O)c1. The van der Waals surface area contributed by atoms with Gasteiger partial charge in [0.25, 0.3) is 11.1 Å². The summed E-state index contributed by atoms with van der Waals surface area (Å²) in [5.41, 5.74) is 5.13. The van der Waals surface area contributed by atoms with Gasteiger partial charge in [0, 0.05) is 44.0 Å². The van der Waals surface area contributed by atoms with Crippen molar-refractivity contribution in [1.82, 2.24) is 9.47 Å². The number of carbonyl (C=O) groups is 3. The predicted molar refractivity (Wildman–Crippen MR) is 155 cm³/mol. The summed E-state index contributed by atoms with van der Waals surface area (Å²) >= 11 is 13.6. The molecular formula is C29H23Cl2N3O3S. The number of para-hydroxylation sites is 1. The standard InChI is InChI=1S/C29H23Cl2N3O3S/c1-17-10-18(2)12-20(11-17)32-27(35)16-34-28(36)26(38-29(34)37)13-19-14-33(25-9-4-3-6-21(19)25)15-22-23(30)7-5-8-24(22)31/h3-14H,15-16H2,1-2H3,(H,32,35)/b26-13-. The molecular weight excluding hydrogens is 541 g/mol. The minimum Gasteiger partial charge on any atom is -0.342 e. The van der Waals surface area contributed by atoms with E-state index in [2.05, 4.69) is 5.32 Å². The summed E-state index contributed by atoms with van der Waals surface area (Å²) in [7, 11) is 0. The van der Waals surface area contributed by atoms with Gasteiger partial charge in [0.1, 0.15) is 6.54 Å². The van der Waals surface area contributed by atoms with Crippen molar-refractivity contribution in [2.45, 2.75) is 20.4 Å². The summed E-state index contributed by atoms with van der Waals surface area (Å²) < 4.78 is 2.01. The van der Waals surface area contributed by atoms with Crippen LogP contribution < -0.4 is 5.32 Å². The fraction of sp³-hybridized carbons (Fsp3) is 0.138. The van der Waals surface area contributed by atoms with E-state index >= 15 is 0 Å². The third-order valence-corrected chi connectivity index (χ3v) is 7.79. The lowest BCUT2D eigenvalue weighted by Gasteiger charge is -2.13. The molecule has 6 nitrogen and oxygen atoms in total. The van der Waals surface area contributed by atoms with Gasteiger partial charge in [-0.2, -0.15) is 0 Å². The normalized spacial score (nSPS) is 14.6. The molecule has 1 aromatic heterocycles. The Bertz CT molecular complexity index is 1600. The molecule has 1 N–H and O–H groups in total. The van der Waals surface area contributed by atoms with Gasteiger partial charge in [-0.1, -0.05) is 53.5 Å². The fourth-order valence-electron chi connectivity index (χ4n) is 4.54. The molecule has 1 fully saturated rings. The quantitative estimate of drug-likeness (QED) is 0.250. The van der Waals surface area contributed by atoms with Gasteiger partial charge in [0.15, 0.2) is 0 Å². The molecule has 2 heterocycles. The summed E-state index contributed by atoms with van der Waals surface area (Å²) in [4.78, 5) is 39.7. The second-order valence-corrected chi connectivity index (χ2v) is 10.9. The highest BCUT2D eigenvalue weighted by molar-refractivity contribution is 8.18. The molecule has 1 aliphatic heterocycles. The largest absolute Gasteiger partial charge is 0.342 e. The number of nitrogens with zero attached hydrogens (tertiary/aromatic N) is 2. The number of nitrogens with one attached hydrogen (secondary N) is 1. The molecule has 0 atom stereocenters. The number of aryl methyl sites for hydroxylation is 2. The molecule has 0 radical (unpaired) electrons. The minimum absolute atomic E-state index is 0.257. The highest BCUT2D eigenvalue weighted by atomic mass is 35.5. The number of fused-ring (bicyclic) bond motifs is 1. The first-order chi connectivity index (χ1) is 18.2. The highest BCUT2D eigenvalue weighted by Crippen LogP contribution is 2.35. The number of anilines is 1. The number of imide groups is 1. The van der Waals surface area contributed by atoms with Gasteiger partial charge in [-0.05, 0) is 73.1 Å². The monoisotopic (exact) mass is 563 g/mol. The summed E-state index contributed by atoms with van der Waals surface area (Å²) in [5.74, 6) is -0.937. The first-order valence-corrected chi connectivity index (χ1v) is 13.4. The third kappa shape index (κ3) is 5.36. The molecule has 0 spiro atoms. The topological polar surface area (TPSA) is 71.4 Å². The van der Waals surface area contributed by atoms with Crippen LogP contribution in [0.4, 0.5) is 10.5 Å². The van der Waals surface area contributed by atoms with Crippen molar-refractivity contribution in [3.05, 3.63) is 104 Å². The molecule has 4 aromatic rings. The zero-order valence-electron chi connectivity index (χ0n) is 20.6. The van der Waals surface area contributed by atoms with E-state index in [-0.39, 0.29) is 11.4 Å². The Labute approximate surface area is 234 Å². The Balaban J connectivity index is 1.39. The zero-order valence-corrected chi connectivity index (χ0v) is 23.0. The van der Waals surface area contributed by atoms with E-state index in [1.807, 2.05) is 67.1 Å². The Kier molecular flexibility index (Phi) is 7.34. The highest BCUT2D eigenvalue weighted by Gasteiger charge is 2.36. The van der Waals surface area contributed by atoms with Gasteiger partial charge in [0.2, 0.25) is 5.91 Å². The second-order valence-electron chi connectivity index (χ2n) is 9.12. The molecule has 3 amide bonds. The van der Waals surface area contributed by atoms with Gasteiger partial charge in [0.05, 0.1) is 11.4 Å². The van der Waals surface area contributed by atoms with Crippen LogP contribution in [0.2, 0.25) is 10.0 Å². The van der Waals surface area contributed by atoms with Gasteiger partial charge in [-0.15, -0.1) is 0 Å². The zero-order chi connectivity index (χ0) is 27.0. The fourth-order valence-corrected chi connectivity index (χ4v) is 5.89. The number of amides is 3. The van der Waals surface area contributed by atoms with Gasteiger partial charge >= 0.3 is 0 Å². The molecule has 3 aromatic carbocycles. The first-order valence-electron chi connectivity index (χ1n) is 11.8. The molecule has 0 bridgehead atoms. The second kappa shape index (κ2) is 10.7. The molecule has 192 valence electrons. The molecule has 0 aliphatic carbocycles. The van der Waals surface area contributed by atoms with Crippen LogP contribution in [0.3, 0.4) is 0 Å². The van der Waals surface area contributed by atoms with Crippen molar-refractivity contribution in [2.24, 2.45) is 0 Å². The van der Waals surface area contributed by atoms with Crippen LogP contribution in [0.25, 0.3) is 17.0 Å². The lowest BCUT2D eigenvalue weighted by molar-refractivity contribution is -0.127. The number of benzene rings is 3. The maximum atomic E-state index is 13.1. The molecule has 0 unspecified atom stereocenters.